The Morgan fingerprint density at radius 2 is 1.78 bits per heavy atom. The molecule has 4 heteroatoms. The predicted molar refractivity (Wildman–Crippen MR) is 70.3 cm³/mol. The summed E-state index contributed by atoms with van der Waals surface area (Å²) in [5.41, 5.74) is 0. The van der Waals surface area contributed by atoms with Gasteiger partial charge in [-0.15, -0.1) is 0 Å². The van der Waals surface area contributed by atoms with Crippen LogP contribution in [0.1, 0.15) is 59.3 Å². The smallest absolute Gasteiger partial charge is 0.306 e. The van der Waals surface area contributed by atoms with Gasteiger partial charge in [0.1, 0.15) is 0 Å². The number of carbonyl (C=O) groups excluding carboxylic acids is 1. The third kappa shape index (κ3) is 10.1. The molecule has 0 spiro atoms. The zero-order chi connectivity index (χ0) is 14.0. The number of rotatable bonds is 10. The molecule has 0 radical (unpaired) electrons. The summed E-state index contributed by atoms with van der Waals surface area (Å²) in [6.07, 6.45) is 4.17. The van der Waals surface area contributed by atoms with E-state index >= 15 is 0 Å². The molecule has 18 heavy (non-hydrogen) atoms. The van der Waals surface area contributed by atoms with Crippen molar-refractivity contribution in [1.29, 1.82) is 0 Å². The minimum absolute atomic E-state index is 0.138. The standard InChI is InChI=1S/C14H26O4/c1-4-5-12(3)10-14(17)18-9-8-11(2)6-7-13(15)16/h11-12H,4-10H2,1-3H3,(H,15,16). The van der Waals surface area contributed by atoms with Crippen LogP contribution in [0.3, 0.4) is 0 Å². The normalized spacial score (nSPS) is 13.9. The van der Waals surface area contributed by atoms with Gasteiger partial charge in [0, 0.05) is 12.8 Å². The molecule has 2 unspecified atom stereocenters. The highest BCUT2D eigenvalue weighted by Crippen LogP contribution is 2.13. The zero-order valence-corrected chi connectivity index (χ0v) is 11.8. The molecule has 0 aromatic rings. The Balaban J connectivity index is 3.58. The average molecular weight is 258 g/mol. The first-order valence-electron chi connectivity index (χ1n) is 6.83. The maximum absolute atomic E-state index is 11.5. The largest absolute Gasteiger partial charge is 0.481 e. The second-order valence-electron chi connectivity index (χ2n) is 5.14. The van der Waals surface area contributed by atoms with Crippen molar-refractivity contribution in [2.45, 2.75) is 59.3 Å². The number of carboxylic acid groups (broad SMARTS) is 1. The molecule has 0 amide bonds. The van der Waals surface area contributed by atoms with Gasteiger partial charge < -0.3 is 9.84 Å². The van der Waals surface area contributed by atoms with Gasteiger partial charge in [0.05, 0.1) is 6.61 Å². The molecule has 0 bridgehead atoms. The minimum Gasteiger partial charge on any atom is -0.481 e. The number of ether oxygens (including phenoxy) is 1. The van der Waals surface area contributed by atoms with Crippen molar-refractivity contribution in [2.75, 3.05) is 6.61 Å². The van der Waals surface area contributed by atoms with Crippen LogP contribution in [0.15, 0.2) is 0 Å². The molecule has 0 fully saturated rings. The van der Waals surface area contributed by atoms with Crippen molar-refractivity contribution < 1.29 is 19.4 Å². The molecule has 4 nitrogen and oxygen atoms in total. The van der Waals surface area contributed by atoms with Crippen molar-refractivity contribution in [3.8, 4) is 0 Å². The van der Waals surface area contributed by atoms with E-state index in [1.165, 1.54) is 0 Å². The Morgan fingerprint density at radius 1 is 1.11 bits per heavy atom. The summed E-state index contributed by atoms with van der Waals surface area (Å²) >= 11 is 0. The average Bonchev–Trinajstić information content (AvgIpc) is 2.26. The Morgan fingerprint density at radius 3 is 2.33 bits per heavy atom. The highest BCUT2D eigenvalue weighted by molar-refractivity contribution is 5.69. The molecule has 0 aliphatic carbocycles. The van der Waals surface area contributed by atoms with Gasteiger partial charge in [0.15, 0.2) is 0 Å². The van der Waals surface area contributed by atoms with E-state index in [9.17, 15) is 9.59 Å². The van der Waals surface area contributed by atoms with Crippen LogP contribution < -0.4 is 0 Å². The predicted octanol–water partition coefficient (Wildman–Crippen LogP) is 3.25. The fraction of sp³-hybridized carbons (Fsp3) is 0.857. The van der Waals surface area contributed by atoms with Crippen LogP contribution in [0, 0.1) is 11.8 Å². The van der Waals surface area contributed by atoms with Crippen molar-refractivity contribution in [1.82, 2.24) is 0 Å². The Labute approximate surface area is 110 Å². The summed E-state index contributed by atoms with van der Waals surface area (Å²) in [6, 6.07) is 0. The maximum Gasteiger partial charge on any atom is 0.306 e. The van der Waals surface area contributed by atoms with Gasteiger partial charge in [-0.3, -0.25) is 9.59 Å². The van der Waals surface area contributed by atoms with Gasteiger partial charge in [-0.05, 0) is 24.7 Å². The molecule has 0 aromatic carbocycles. The number of aliphatic carboxylic acids is 1. The molecule has 1 N–H and O–H groups in total. The molecule has 2 atom stereocenters. The molecule has 0 aliphatic rings. The quantitative estimate of drug-likeness (QED) is 0.611. The highest BCUT2D eigenvalue weighted by atomic mass is 16.5. The summed E-state index contributed by atoms with van der Waals surface area (Å²) in [7, 11) is 0. The van der Waals surface area contributed by atoms with Gasteiger partial charge in [-0.1, -0.05) is 33.6 Å². The van der Waals surface area contributed by atoms with E-state index in [1.807, 2.05) is 6.92 Å². The summed E-state index contributed by atoms with van der Waals surface area (Å²) in [5, 5.41) is 8.54. The van der Waals surface area contributed by atoms with Crippen molar-refractivity contribution in [3.63, 3.8) is 0 Å². The van der Waals surface area contributed by atoms with E-state index in [0.29, 0.717) is 25.4 Å². The van der Waals surface area contributed by atoms with Gasteiger partial charge in [-0.25, -0.2) is 0 Å². The lowest BCUT2D eigenvalue weighted by Gasteiger charge is -2.12. The molecule has 0 heterocycles. The Hall–Kier alpha value is -1.06. The lowest BCUT2D eigenvalue weighted by molar-refractivity contribution is -0.145. The molecule has 0 saturated carbocycles. The van der Waals surface area contributed by atoms with E-state index in [1.54, 1.807) is 0 Å². The Bertz CT molecular complexity index is 250. The fourth-order valence-electron chi connectivity index (χ4n) is 1.83. The number of carbonyl (C=O) groups is 2. The van der Waals surface area contributed by atoms with Crippen molar-refractivity contribution in [3.05, 3.63) is 0 Å². The second-order valence-corrected chi connectivity index (χ2v) is 5.14. The molecular weight excluding hydrogens is 232 g/mol. The van der Waals surface area contributed by atoms with Crippen LogP contribution >= 0.6 is 0 Å². The first-order chi connectivity index (χ1) is 8.45. The van der Waals surface area contributed by atoms with Crippen LogP contribution in [0.25, 0.3) is 0 Å². The van der Waals surface area contributed by atoms with Gasteiger partial charge in [0.25, 0.3) is 0 Å². The van der Waals surface area contributed by atoms with E-state index in [-0.39, 0.29) is 18.3 Å². The molecule has 0 saturated heterocycles. The fourth-order valence-corrected chi connectivity index (χ4v) is 1.83. The maximum atomic E-state index is 11.5. The van der Waals surface area contributed by atoms with Crippen LogP contribution in [0.4, 0.5) is 0 Å². The van der Waals surface area contributed by atoms with Crippen LogP contribution in [0.2, 0.25) is 0 Å². The van der Waals surface area contributed by atoms with Gasteiger partial charge in [-0.2, -0.15) is 0 Å². The summed E-state index contributed by atoms with van der Waals surface area (Å²) < 4.78 is 5.15. The minimum atomic E-state index is -0.771. The molecular formula is C14H26O4. The monoisotopic (exact) mass is 258 g/mol. The second kappa shape index (κ2) is 9.92. The Kier molecular flexibility index (Phi) is 9.33. The third-order valence-electron chi connectivity index (χ3n) is 3.02. The van der Waals surface area contributed by atoms with Crippen LogP contribution in [-0.4, -0.2) is 23.7 Å². The summed E-state index contributed by atoms with van der Waals surface area (Å²) in [5.74, 6) is -0.248. The first kappa shape index (κ1) is 16.9. The zero-order valence-electron chi connectivity index (χ0n) is 11.8. The molecule has 0 rings (SSSR count). The molecule has 0 aliphatic heterocycles. The van der Waals surface area contributed by atoms with E-state index in [4.69, 9.17) is 9.84 Å². The highest BCUT2D eigenvalue weighted by Gasteiger charge is 2.11. The topological polar surface area (TPSA) is 63.6 Å². The van der Waals surface area contributed by atoms with Crippen molar-refractivity contribution in [2.24, 2.45) is 11.8 Å². The molecule has 106 valence electrons. The van der Waals surface area contributed by atoms with E-state index in [2.05, 4.69) is 13.8 Å². The van der Waals surface area contributed by atoms with Crippen LogP contribution in [-0.2, 0) is 14.3 Å². The summed E-state index contributed by atoms with van der Waals surface area (Å²) in [6.45, 7) is 6.54. The third-order valence-corrected chi connectivity index (χ3v) is 3.02. The van der Waals surface area contributed by atoms with E-state index < -0.39 is 5.97 Å². The van der Waals surface area contributed by atoms with E-state index in [0.717, 1.165) is 19.3 Å². The van der Waals surface area contributed by atoms with Gasteiger partial charge >= 0.3 is 11.9 Å². The number of carboxylic acids is 1. The van der Waals surface area contributed by atoms with Crippen LogP contribution in [0.5, 0.6) is 0 Å². The SMILES string of the molecule is CCCC(C)CC(=O)OCCC(C)CCC(=O)O. The lowest BCUT2D eigenvalue weighted by atomic mass is 10.0. The number of esters is 1. The number of hydrogen-bond acceptors (Lipinski definition) is 3. The van der Waals surface area contributed by atoms with Gasteiger partial charge in [0.2, 0.25) is 0 Å². The lowest BCUT2D eigenvalue weighted by Crippen LogP contribution is -2.12. The molecule has 0 aromatic heterocycles. The first-order valence-corrected chi connectivity index (χ1v) is 6.83. The number of hydrogen-bond donors (Lipinski definition) is 1. The van der Waals surface area contributed by atoms with Crippen molar-refractivity contribution >= 4 is 11.9 Å². The summed E-state index contributed by atoms with van der Waals surface area (Å²) in [4.78, 5) is 21.8.